The van der Waals surface area contributed by atoms with Crippen LogP contribution >= 0.6 is 0 Å². The summed E-state index contributed by atoms with van der Waals surface area (Å²) in [5.74, 6) is -0.552. The standard InChI is InChI=1S/C13H14N6O2/c1-9(10-4-2-3-5-15-10)17-13(21)19-18-12(20)11-8-14-6-7-16-11/h2-9H,1H3,(H,18,20)(H2,17,19,21)/t9-/m1/s1. The summed E-state index contributed by atoms with van der Waals surface area (Å²) in [6, 6.07) is 4.57. The van der Waals surface area contributed by atoms with E-state index in [0.29, 0.717) is 5.69 Å². The van der Waals surface area contributed by atoms with E-state index in [0.717, 1.165) is 0 Å². The monoisotopic (exact) mass is 286 g/mol. The molecule has 3 amide bonds. The Morgan fingerprint density at radius 1 is 1.10 bits per heavy atom. The predicted molar refractivity (Wildman–Crippen MR) is 73.8 cm³/mol. The van der Waals surface area contributed by atoms with Gasteiger partial charge in [-0.05, 0) is 19.1 Å². The van der Waals surface area contributed by atoms with E-state index in [1.54, 1.807) is 25.3 Å². The quantitative estimate of drug-likeness (QED) is 0.715. The van der Waals surface area contributed by atoms with E-state index in [9.17, 15) is 9.59 Å². The van der Waals surface area contributed by atoms with Crippen molar-refractivity contribution < 1.29 is 9.59 Å². The summed E-state index contributed by atoms with van der Waals surface area (Å²) in [7, 11) is 0. The molecule has 1 atom stereocenters. The van der Waals surface area contributed by atoms with Crippen molar-refractivity contribution in [1.82, 2.24) is 31.1 Å². The van der Waals surface area contributed by atoms with E-state index in [1.165, 1.54) is 18.6 Å². The summed E-state index contributed by atoms with van der Waals surface area (Å²) in [4.78, 5) is 35.0. The van der Waals surface area contributed by atoms with Crippen molar-refractivity contribution in [3.63, 3.8) is 0 Å². The van der Waals surface area contributed by atoms with Gasteiger partial charge in [0, 0.05) is 18.6 Å². The molecule has 0 aliphatic carbocycles. The molecule has 0 radical (unpaired) electrons. The third-order valence-electron chi connectivity index (χ3n) is 2.56. The highest BCUT2D eigenvalue weighted by atomic mass is 16.2. The first-order chi connectivity index (χ1) is 10.2. The van der Waals surface area contributed by atoms with Crippen LogP contribution in [-0.2, 0) is 0 Å². The van der Waals surface area contributed by atoms with Gasteiger partial charge in [0.2, 0.25) is 0 Å². The molecule has 8 heteroatoms. The van der Waals surface area contributed by atoms with E-state index in [4.69, 9.17) is 0 Å². The maximum Gasteiger partial charge on any atom is 0.334 e. The Kier molecular flexibility index (Phi) is 4.75. The SMILES string of the molecule is C[C@@H](NC(=O)NNC(=O)c1cnccn1)c1ccccn1. The minimum absolute atomic E-state index is 0.107. The first kappa shape index (κ1) is 14.4. The highest BCUT2D eigenvalue weighted by Gasteiger charge is 2.12. The van der Waals surface area contributed by atoms with E-state index in [1.807, 2.05) is 6.07 Å². The number of rotatable bonds is 3. The van der Waals surface area contributed by atoms with Gasteiger partial charge in [0.25, 0.3) is 5.91 Å². The van der Waals surface area contributed by atoms with Crippen LogP contribution in [0.25, 0.3) is 0 Å². The van der Waals surface area contributed by atoms with Gasteiger partial charge >= 0.3 is 6.03 Å². The van der Waals surface area contributed by atoms with Gasteiger partial charge in [-0.2, -0.15) is 0 Å². The van der Waals surface area contributed by atoms with Crippen LogP contribution < -0.4 is 16.2 Å². The topological polar surface area (TPSA) is 109 Å². The molecule has 0 fully saturated rings. The highest BCUT2D eigenvalue weighted by molar-refractivity contribution is 5.93. The maximum atomic E-state index is 11.7. The van der Waals surface area contributed by atoms with E-state index >= 15 is 0 Å². The lowest BCUT2D eigenvalue weighted by molar-refractivity contribution is 0.0930. The Bertz CT molecular complexity index is 605. The van der Waals surface area contributed by atoms with Crippen molar-refractivity contribution in [3.8, 4) is 0 Å². The zero-order chi connectivity index (χ0) is 15.1. The van der Waals surface area contributed by atoms with E-state index in [-0.39, 0.29) is 11.7 Å². The first-order valence-electron chi connectivity index (χ1n) is 6.20. The molecule has 0 unspecified atom stereocenters. The number of carbonyl (C=O) groups excluding carboxylic acids is 2. The summed E-state index contributed by atoms with van der Waals surface area (Å²) in [5.41, 5.74) is 5.29. The molecule has 8 nitrogen and oxygen atoms in total. The lowest BCUT2D eigenvalue weighted by Crippen LogP contribution is -2.47. The number of nitrogens with zero attached hydrogens (tertiary/aromatic N) is 3. The lowest BCUT2D eigenvalue weighted by Gasteiger charge is -2.14. The molecule has 0 saturated heterocycles. The lowest BCUT2D eigenvalue weighted by atomic mass is 10.2. The van der Waals surface area contributed by atoms with Crippen LogP contribution in [0.1, 0.15) is 29.1 Å². The van der Waals surface area contributed by atoms with Gasteiger partial charge < -0.3 is 5.32 Å². The van der Waals surface area contributed by atoms with Crippen LogP contribution in [0.5, 0.6) is 0 Å². The summed E-state index contributed by atoms with van der Waals surface area (Å²) >= 11 is 0. The summed E-state index contributed by atoms with van der Waals surface area (Å²) < 4.78 is 0. The Labute approximate surface area is 121 Å². The van der Waals surface area contributed by atoms with Gasteiger partial charge in [-0.15, -0.1) is 0 Å². The number of carbonyl (C=O) groups is 2. The van der Waals surface area contributed by atoms with Gasteiger partial charge in [0.15, 0.2) is 0 Å². The van der Waals surface area contributed by atoms with Crippen LogP contribution in [-0.4, -0.2) is 26.9 Å². The molecule has 2 aromatic heterocycles. The summed E-state index contributed by atoms with van der Waals surface area (Å²) in [5, 5.41) is 2.64. The fraction of sp³-hybridized carbons (Fsp3) is 0.154. The average Bonchev–Trinajstić information content (AvgIpc) is 2.54. The van der Waals surface area contributed by atoms with Crippen LogP contribution in [0.4, 0.5) is 4.79 Å². The molecule has 21 heavy (non-hydrogen) atoms. The predicted octanol–water partition coefficient (Wildman–Crippen LogP) is 0.577. The molecule has 2 heterocycles. The number of pyridine rings is 1. The van der Waals surface area contributed by atoms with Gasteiger partial charge in [-0.3, -0.25) is 20.2 Å². The third kappa shape index (κ3) is 4.23. The van der Waals surface area contributed by atoms with E-state index < -0.39 is 11.9 Å². The number of hydrazine groups is 1. The van der Waals surface area contributed by atoms with Crippen LogP contribution in [0.3, 0.4) is 0 Å². The number of aromatic nitrogens is 3. The third-order valence-corrected chi connectivity index (χ3v) is 2.56. The molecule has 0 aliphatic heterocycles. The Morgan fingerprint density at radius 3 is 2.62 bits per heavy atom. The number of hydrogen-bond donors (Lipinski definition) is 3. The normalized spacial score (nSPS) is 11.3. The van der Waals surface area contributed by atoms with Crippen molar-refractivity contribution in [2.75, 3.05) is 0 Å². The second-order valence-electron chi connectivity index (χ2n) is 4.12. The van der Waals surface area contributed by atoms with Crippen molar-refractivity contribution in [3.05, 3.63) is 54.4 Å². The molecule has 0 saturated carbocycles. The molecule has 0 spiro atoms. The largest absolute Gasteiger partial charge is 0.334 e. The number of urea groups is 1. The zero-order valence-corrected chi connectivity index (χ0v) is 11.3. The summed E-state index contributed by atoms with van der Waals surface area (Å²) in [6.07, 6.45) is 5.77. The minimum Gasteiger partial charge on any atom is -0.329 e. The second-order valence-corrected chi connectivity index (χ2v) is 4.12. The molecule has 0 bridgehead atoms. The fourth-order valence-electron chi connectivity index (χ4n) is 1.53. The van der Waals surface area contributed by atoms with Crippen molar-refractivity contribution in [2.24, 2.45) is 0 Å². The molecule has 2 rings (SSSR count). The van der Waals surface area contributed by atoms with Gasteiger partial charge in [0.1, 0.15) is 5.69 Å². The van der Waals surface area contributed by atoms with Crippen LogP contribution in [0.2, 0.25) is 0 Å². The number of nitrogens with one attached hydrogen (secondary N) is 3. The zero-order valence-electron chi connectivity index (χ0n) is 11.3. The number of hydrogen-bond acceptors (Lipinski definition) is 5. The van der Waals surface area contributed by atoms with Crippen LogP contribution in [0.15, 0.2) is 43.0 Å². The molecule has 0 aromatic carbocycles. The van der Waals surface area contributed by atoms with Gasteiger partial charge in [-0.1, -0.05) is 6.07 Å². The Balaban J connectivity index is 1.81. The second kappa shape index (κ2) is 6.94. The van der Waals surface area contributed by atoms with Crippen molar-refractivity contribution in [2.45, 2.75) is 13.0 Å². The molecule has 2 aromatic rings. The summed E-state index contributed by atoms with van der Waals surface area (Å²) in [6.45, 7) is 1.78. The van der Waals surface area contributed by atoms with Crippen molar-refractivity contribution in [1.29, 1.82) is 0 Å². The smallest absolute Gasteiger partial charge is 0.329 e. The molecule has 0 aliphatic rings. The molecular formula is C13H14N6O2. The molecular weight excluding hydrogens is 272 g/mol. The Morgan fingerprint density at radius 2 is 1.95 bits per heavy atom. The van der Waals surface area contributed by atoms with Gasteiger partial charge in [-0.25, -0.2) is 15.2 Å². The van der Waals surface area contributed by atoms with Gasteiger partial charge in [0.05, 0.1) is 17.9 Å². The fourth-order valence-corrected chi connectivity index (χ4v) is 1.53. The minimum atomic E-state index is -0.552. The van der Waals surface area contributed by atoms with Crippen LogP contribution in [0, 0.1) is 0 Å². The first-order valence-corrected chi connectivity index (χ1v) is 6.20. The highest BCUT2D eigenvalue weighted by Crippen LogP contribution is 2.06. The number of amides is 3. The maximum absolute atomic E-state index is 11.7. The molecule has 108 valence electrons. The molecule has 3 N–H and O–H groups in total. The van der Waals surface area contributed by atoms with Crippen molar-refractivity contribution >= 4 is 11.9 Å². The average molecular weight is 286 g/mol. The van der Waals surface area contributed by atoms with E-state index in [2.05, 4.69) is 31.1 Å². The Hall–Kier alpha value is -3.03.